The first kappa shape index (κ1) is 4.34. The van der Waals surface area contributed by atoms with E-state index in [1.807, 2.05) is 0 Å². The SMILES string of the molecule is C1=C[Si]C[Si]C1. The molecule has 1 rings (SSSR count). The second-order valence-corrected chi connectivity index (χ2v) is 4.30. The molecule has 0 spiro atoms. The van der Waals surface area contributed by atoms with Crippen molar-refractivity contribution < 1.29 is 0 Å². The van der Waals surface area contributed by atoms with E-state index in [9.17, 15) is 0 Å². The van der Waals surface area contributed by atoms with Gasteiger partial charge in [-0.15, -0.1) is 5.70 Å². The van der Waals surface area contributed by atoms with Crippen molar-refractivity contribution >= 4 is 19.0 Å². The van der Waals surface area contributed by atoms with E-state index in [1.54, 1.807) is 0 Å². The van der Waals surface area contributed by atoms with E-state index in [4.69, 9.17) is 0 Å². The fraction of sp³-hybridized carbons (Fsp3) is 0.500. The molecule has 1 aliphatic rings. The number of allylic oxidation sites excluding steroid dienone is 1. The van der Waals surface area contributed by atoms with E-state index in [1.165, 1.54) is 21.2 Å². The molecule has 30 valence electrons. The first-order valence-corrected chi connectivity index (χ1v) is 4.79. The van der Waals surface area contributed by atoms with Crippen molar-refractivity contribution in [2.75, 3.05) is 0 Å². The highest BCUT2D eigenvalue weighted by Crippen LogP contribution is 1.92. The van der Waals surface area contributed by atoms with Crippen LogP contribution >= 0.6 is 0 Å². The van der Waals surface area contributed by atoms with E-state index in [-0.39, 0.29) is 0 Å². The predicted octanol–water partition coefficient (Wildman–Crippen LogP) is 0.716. The minimum Gasteiger partial charge on any atom is -0.103 e. The third kappa shape index (κ3) is 1.10. The fourth-order valence-corrected chi connectivity index (χ4v) is 2.86. The Hall–Kier alpha value is 0.174. The molecule has 0 saturated heterocycles. The molecule has 0 unspecified atom stereocenters. The van der Waals surface area contributed by atoms with Gasteiger partial charge in [-0.1, -0.05) is 11.7 Å². The zero-order chi connectivity index (χ0) is 4.24. The maximum Gasteiger partial charge on any atom is 0.0664 e. The van der Waals surface area contributed by atoms with Crippen LogP contribution in [-0.2, 0) is 0 Å². The lowest BCUT2D eigenvalue weighted by atomic mass is 10.8. The van der Waals surface area contributed by atoms with Crippen LogP contribution in [0.4, 0.5) is 0 Å². The van der Waals surface area contributed by atoms with Gasteiger partial charge in [-0.05, 0) is 6.04 Å². The van der Waals surface area contributed by atoms with Gasteiger partial charge in [0.25, 0.3) is 0 Å². The average Bonchev–Trinajstić information content (AvgIpc) is 1.72. The topological polar surface area (TPSA) is 0 Å². The molecule has 0 amide bonds. The molecule has 0 saturated carbocycles. The molecule has 0 aromatic heterocycles. The molecule has 0 bridgehead atoms. The van der Waals surface area contributed by atoms with Crippen LogP contribution in [0.2, 0.25) is 11.7 Å². The van der Waals surface area contributed by atoms with Gasteiger partial charge in [0.05, 0.1) is 9.52 Å². The maximum absolute atomic E-state index is 2.30. The van der Waals surface area contributed by atoms with Crippen molar-refractivity contribution in [1.29, 1.82) is 0 Å². The Morgan fingerprint density at radius 3 is 2.67 bits per heavy atom. The molecule has 0 aliphatic carbocycles. The second-order valence-electron chi connectivity index (χ2n) is 1.24. The summed E-state index contributed by atoms with van der Waals surface area (Å²) in [5.41, 5.74) is 3.77. The van der Waals surface area contributed by atoms with Crippen LogP contribution < -0.4 is 0 Å². The summed E-state index contributed by atoms with van der Waals surface area (Å²) < 4.78 is 0. The van der Waals surface area contributed by atoms with Crippen LogP contribution in [0.1, 0.15) is 0 Å². The minimum atomic E-state index is 1.13. The largest absolute Gasteiger partial charge is 0.103 e. The highest BCUT2D eigenvalue weighted by atomic mass is 28.3. The van der Waals surface area contributed by atoms with Gasteiger partial charge < -0.3 is 0 Å². The van der Waals surface area contributed by atoms with Crippen molar-refractivity contribution in [3.05, 3.63) is 11.8 Å². The van der Waals surface area contributed by atoms with E-state index < -0.39 is 0 Å². The van der Waals surface area contributed by atoms with E-state index in [0.717, 1.165) is 9.52 Å². The molecular weight excluding hydrogens is 104 g/mol. The van der Waals surface area contributed by atoms with Gasteiger partial charge >= 0.3 is 0 Å². The van der Waals surface area contributed by atoms with Crippen molar-refractivity contribution in [3.63, 3.8) is 0 Å². The van der Waals surface area contributed by atoms with Crippen LogP contribution in [0.15, 0.2) is 11.8 Å². The summed E-state index contributed by atoms with van der Waals surface area (Å²) in [6, 6.07) is 1.35. The molecule has 2 heteroatoms. The summed E-state index contributed by atoms with van der Waals surface area (Å²) in [5.74, 6) is 0. The highest BCUT2D eigenvalue weighted by Gasteiger charge is 1.90. The Kier molecular flexibility index (Phi) is 1.71. The van der Waals surface area contributed by atoms with Crippen LogP contribution in [0.5, 0.6) is 0 Å². The smallest absolute Gasteiger partial charge is 0.0664 e. The normalized spacial score (nSPS) is 21.3. The summed E-state index contributed by atoms with van der Waals surface area (Å²) in [5, 5.41) is 0. The Morgan fingerprint density at radius 1 is 1.50 bits per heavy atom. The number of rotatable bonds is 0. The maximum atomic E-state index is 2.30. The molecule has 0 fully saturated rings. The average molecular weight is 110 g/mol. The Balaban J connectivity index is 2.26. The Labute approximate surface area is 43.3 Å². The lowest BCUT2D eigenvalue weighted by Crippen LogP contribution is -1.97. The summed E-state index contributed by atoms with van der Waals surface area (Å²) in [6.45, 7) is 0. The molecule has 4 radical (unpaired) electrons. The van der Waals surface area contributed by atoms with E-state index in [0.29, 0.717) is 0 Å². The van der Waals surface area contributed by atoms with Crippen LogP contribution in [-0.4, -0.2) is 19.0 Å². The Bertz CT molecular complexity index is 50.6. The first-order chi connectivity index (χ1) is 3.00. The van der Waals surface area contributed by atoms with Crippen LogP contribution in [0.3, 0.4) is 0 Å². The first-order valence-electron chi connectivity index (χ1n) is 2.09. The predicted molar refractivity (Wildman–Crippen MR) is 30.3 cm³/mol. The standard InChI is InChI=1S/C4H6Si2/c1-2-5-4-6-3-1/h1-2H,3-4H2. The van der Waals surface area contributed by atoms with Crippen molar-refractivity contribution in [1.82, 2.24) is 0 Å². The lowest BCUT2D eigenvalue weighted by Gasteiger charge is -1.94. The number of hydrogen-bond acceptors (Lipinski definition) is 0. The van der Waals surface area contributed by atoms with Gasteiger partial charge in [0.15, 0.2) is 0 Å². The number of hydrogen-bond donors (Lipinski definition) is 0. The van der Waals surface area contributed by atoms with Gasteiger partial charge in [-0.2, -0.15) is 0 Å². The molecule has 0 N–H and O–H groups in total. The van der Waals surface area contributed by atoms with Gasteiger partial charge in [-0.3, -0.25) is 0 Å². The summed E-state index contributed by atoms with van der Waals surface area (Å²) in [4.78, 5) is 0. The van der Waals surface area contributed by atoms with Gasteiger partial charge in [0.1, 0.15) is 0 Å². The molecule has 1 heterocycles. The lowest BCUT2D eigenvalue weighted by molar-refractivity contribution is 1.64. The minimum absolute atomic E-state index is 1.13. The molecule has 0 atom stereocenters. The molecule has 0 nitrogen and oxygen atoms in total. The second kappa shape index (κ2) is 2.36. The van der Waals surface area contributed by atoms with Crippen molar-refractivity contribution in [2.24, 2.45) is 0 Å². The monoisotopic (exact) mass is 110 g/mol. The quantitative estimate of drug-likeness (QED) is 0.403. The van der Waals surface area contributed by atoms with Crippen molar-refractivity contribution in [3.8, 4) is 0 Å². The molecule has 0 aromatic rings. The molecule has 1 aliphatic heterocycles. The fourth-order valence-electron chi connectivity index (χ4n) is 0.429. The summed E-state index contributed by atoms with van der Waals surface area (Å²) in [7, 11) is 2.36. The van der Waals surface area contributed by atoms with E-state index in [2.05, 4.69) is 11.8 Å². The molecule has 6 heavy (non-hydrogen) atoms. The zero-order valence-electron chi connectivity index (χ0n) is 3.57. The third-order valence-electron chi connectivity index (χ3n) is 0.725. The van der Waals surface area contributed by atoms with Crippen LogP contribution in [0, 0.1) is 0 Å². The molecule has 0 aromatic carbocycles. The Morgan fingerprint density at radius 2 is 2.50 bits per heavy atom. The third-order valence-corrected chi connectivity index (χ3v) is 3.54. The van der Waals surface area contributed by atoms with Gasteiger partial charge in [0.2, 0.25) is 0 Å². The van der Waals surface area contributed by atoms with Gasteiger partial charge in [0, 0.05) is 9.52 Å². The summed E-state index contributed by atoms with van der Waals surface area (Å²) in [6.07, 6.45) is 2.29. The van der Waals surface area contributed by atoms with Crippen molar-refractivity contribution in [2.45, 2.75) is 11.7 Å². The highest BCUT2D eigenvalue weighted by molar-refractivity contribution is 6.60. The van der Waals surface area contributed by atoms with Gasteiger partial charge in [-0.25, -0.2) is 0 Å². The zero-order valence-corrected chi connectivity index (χ0v) is 5.57. The molecular formula is C4H6Si2. The summed E-state index contributed by atoms with van der Waals surface area (Å²) >= 11 is 0. The van der Waals surface area contributed by atoms with E-state index >= 15 is 0 Å². The van der Waals surface area contributed by atoms with Crippen LogP contribution in [0.25, 0.3) is 0 Å².